The quantitative estimate of drug-likeness (QED) is 0.275. The summed E-state index contributed by atoms with van der Waals surface area (Å²) in [5.74, 6) is 0.529. The first-order chi connectivity index (χ1) is 14.9. The Morgan fingerprint density at radius 3 is 2.29 bits per heavy atom. The molecule has 2 heterocycles. The monoisotopic (exact) mass is 407 g/mol. The van der Waals surface area contributed by atoms with Gasteiger partial charge < -0.3 is 4.57 Å². The van der Waals surface area contributed by atoms with Crippen molar-refractivity contribution in [2.75, 3.05) is 0 Å². The Morgan fingerprint density at radius 1 is 0.774 bits per heavy atom. The molecule has 31 heavy (non-hydrogen) atoms. The van der Waals surface area contributed by atoms with Gasteiger partial charge in [0, 0.05) is 28.4 Å². The SMILES string of the molecule is Cc1cc2c3ccccc3n(C(C)C)c2cc1-c1c2ccc(C(C)C)cc2cc[n+]1C. The van der Waals surface area contributed by atoms with E-state index in [1.807, 2.05) is 0 Å². The number of rotatable bonds is 3. The highest BCUT2D eigenvalue weighted by Gasteiger charge is 2.21. The lowest BCUT2D eigenvalue weighted by atomic mass is 9.95. The summed E-state index contributed by atoms with van der Waals surface area (Å²) in [7, 11) is 2.16. The first-order valence-corrected chi connectivity index (χ1v) is 11.3. The van der Waals surface area contributed by atoms with Gasteiger partial charge >= 0.3 is 0 Å². The highest BCUT2D eigenvalue weighted by Crippen LogP contribution is 2.37. The number of pyridine rings is 1. The second-order valence-corrected chi connectivity index (χ2v) is 9.44. The van der Waals surface area contributed by atoms with Gasteiger partial charge in [0.1, 0.15) is 7.05 Å². The minimum absolute atomic E-state index is 0.396. The molecule has 156 valence electrons. The molecule has 0 saturated heterocycles. The van der Waals surface area contributed by atoms with Crippen LogP contribution in [0.2, 0.25) is 0 Å². The van der Waals surface area contributed by atoms with Gasteiger partial charge in [0.05, 0.1) is 16.5 Å². The van der Waals surface area contributed by atoms with Gasteiger partial charge in [-0.25, -0.2) is 4.57 Å². The molecule has 5 aromatic rings. The number of nitrogens with zero attached hydrogens (tertiary/aromatic N) is 2. The molecule has 0 fully saturated rings. The average Bonchev–Trinajstić information content (AvgIpc) is 3.06. The van der Waals surface area contributed by atoms with Crippen LogP contribution in [0.1, 0.15) is 50.8 Å². The predicted octanol–water partition coefficient (Wildman–Crippen LogP) is 7.45. The van der Waals surface area contributed by atoms with Crippen LogP contribution in [0.15, 0.2) is 66.9 Å². The van der Waals surface area contributed by atoms with Gasteiger partial charge in [-0.15, -0.1) is 0 Å². The molecule has 0 unspecified atom stereocenters. The lowest BCUT2D eigenvalue weighted by Gasteiger charge is -2.14. The summed E-state index contributed by atoms with van der Waals surface area (Å²) in [6.07, 6.45) is 2.20. The maximum atomic E-state index is 2.48. The third-order valence-electron chi connectivity index (χ3n) is 6.66. The summed E-state index contributed by atoms with van der Waals surface area (Å²) in [5.41, 5.74) is 7.92. The van der Waals surface area contributed by atoms with E-state index in [4.69, 9.17) is 0 Å². The molecule has 2 nitrogen and oxygen atoms in total. The maximum absolute atomic E-state index is 2.48. The molecule has 0 aliphatic heterocycles. The number of benzene rings is 3. The zero-order valence-corrected chi connectivity index (χ0v) is 19.4. The van der Waals surface area contributed by atoms with E-state index in [-0.39, 0.29) is 0 Å². The van der Waals surface area contributed by atoms with Crippen molar-refractivity contribution in [2.24, 2.45) is 7.05 Å². The van der Waals surface area contributed by atoms with E-state index in [1.165, 1.54) is 55.0 Å². The summed E-state index contributed by atoms with van der Waals surface area (Å²) >= 11 is 0. The number of hydrogen-bond acceptors (Lipinski definition) is 0. The van der Waals surface area contributed by atoms with Gasteiger partial charge in [0.15, 0.2) is 6.20 Å². The van der Waals surface area contributed by atoms with Crippen molar-refractivity contribution in [1.82, 2.24) is 4.57 Å². The molecule has 5 rings (SSSR count). The van der Waals surface area contributed by atoms with Crippen LogP contribution >= 0.6 is 0 Å². The molecule has 0 radical (unpaired) electrons. The van der Waals surface area contributed by atoms with E-state index in [9.17, 15) is 0 Å². The Labute approximate surface area is 184 Å². The number of hydrogen-bond donors (Lipinski definition) is 0. The van der Waals surface area contributed by atoms with Gasteiger partial charge in [-0.2, -0.15) is 0 Å². The zero-order valence-electron chi connectivity index (χ0n) is 19.4. The van der Waals surface area contributed by atoms with Crippen LogP contribution in [0, 0.1) is 6.92 Å². The van der Waals surface area contributed by atoms with Crippen molar-refractivity contribution >= 4 is 32.6 Å². The summed E-state index contributed by atoms with van der Waals surface area (Å²) < 4.78 is 4.75. The second-order valence-electron chi connectivity index (χ2n) is 9.44. The topological polar surface area (TPSA) is 8.81 Å². The Kier molecular flexibility index (Phi) is 4.62. The Morgan fingerprint density at radius 2 is 1.55 bits per heavy atom. The van der Waals surface area contributed by atoms with Crippen molar-refractivity contribution < 1.29 is 4.57 Å². The third kappa shape index (κ3) is 3.05. The fourth-order valence-electron chi connectivity index (χ4n) is 5.05. The van der Waals surface area contributed by atoms with Crippen LogP contribution in [0.5, 0.6) is 0 Å². The number of fused-ring (bicyclic) bond motifs is 4. The average molecular weight is 408 g/mol. The fraction of sp³-hybridized carbons (Fsp3) is 0.276. The molecule has 0 saturated carbocycles. The Bertz CT molecular complexity index is 1450. The van der Waals surface area contributed by atoms with E-state index < -0.39 is 0 Å². The molecule has 0 atom stereocenters. The Hall–Kier alpha value is -3.13. The lowest BCUT2D eigenvalue weighted by Crippen LogP contribution is -2.30. The first kappa shape index (κ1) is 19.8. The minimum atomic E-state index is 0.396. The second kappa shape index (κ2) is 7.23. The summed E-state index contributed by atoms with van der Waals surface area (Å²) in [5, 5.41) is 5.30. The van der Waals surface area contributed by atoms with Crippen LogP contribution in [0.4, 0.5) is 0 Å². The minimum Gasteiger partial charge on any atom is -0.338 e. The summed E-state index contributed by atoms with van der Waals surface area (Å²) in [4.78, 5) is 0. The number of para-hydroxylation sites is 1. The van der Waals surface area contributed by atoms with Crippen molar-refractivity contribution in [3.8, 4) is 11.3 Å². The highest BCUT2D eigenvalue weighted by atomic mass is 15.0. The van der Waals surface area contributed by atoms with Crippen molar-refractivity contribution in [2.45, 2.75) is 46.6 Å². The van der Waals surface area contributed by atoms with Gasteiger partial charge in [0.25, 0.3) is 0 Å². The number of aryl methyl sites for hydroxylation is 2. The molecule has 3 aromatic carbocycles. The van der Waals surface area contributed by atoms with E-state index in [2.05, 4.69) is 118 Å². The van der Waals surface area contributed by atoms with E-state index in [0.717, 1.165) is 0 Å². The Balaban J connectivity index is 1.86. The standard InChI is InChI=1S/C29H31N2/c1-18(2)21-11-12-23-22(16-21)13-14-30(6)29(23)25-17-28-26(15-20(25)5)24-9-7-8-10-27(24)31(28)19(3)4/h7-19H,1-6H3/q+1. The van der Waals surface area contributed by atoms with Gasteiger partial charge in [-0.05, 0) is 67.5 Å². The smallest absolute Gasteiger partial charge is 0.220 e. The lowest BCUT2D eigenvalue weighted by molar-refractivity contribution is -0.659. The van der Waals surface area contributed by atoms with Crippen molar-refractivity contribution in [3.05, 3.63) is 78.0 Å². The van der Waals surface area contributed by atoms with Crippen molar-refractivity contribution in [1.29, 1.82) is 0 Å². The maximum Gasteiger partial charge on any atom is 0.220 e. The number of aromatic nitrogens is 2. The molecule has 0 spiro atoms. The molecule has 0 N–H and O–H groups in total. The molecule has 2 heteroatoms. The molecule has 0 amide bonds. The fourth-order valence-corrected chi connectivity index (χ4v) is 5.05. The van der Waals surface area contributed by atoms with Gasteiger partial charge in [0.2, 0.25) is 5.69 Å². The first-order valence-electron chi connectivity index (χ1n) is 11.3. The summed E-state index contributed by atoms with van der Waals surface area (Å²) in [6.45, 7) is 11.3. The highest BCUT2D eigenvalue weighted by molar-refractivity contribution is 6.10. The molecule has 0 aliphatic rings. The largest absolute Gasteiger partial charge is 0.338 e. The molecule has 2 aromatic heterocycles. The van der Waals surface area contributed by atoms with E-state index in [0.29, 0.717) is 12.0 Å². The molecule has 0 bridgehead atoms. The normalized spacial score (nSPS) is 12.1. The predicted molar refractivity (Wildman–Crippen MR) is 133 cm³/mol. The summed E-state index contributed by atoms with van der Waals surface area (Å²) in [6, 6.07) is 23.2. The van der Waals surface area contributed by atoms with Crippen molar-refractivity contribution in [3.63, 3.8) is 0 Å². The molecular formula is C29H31N2+. The van der Waals surface area contributed by atoms with E-state index in [1.54, 1.807) is 0 Å². The molecule has 0 aliphatic carbocycles. The zero-order chi connectivity index (χ0) is 21.9. The van der Waals surface area contributed by atoms with Crippen LogP contribution in [-0.4, -0.2) is 4.57 Å². The van der Waals surface area contributed by atoms with Crippen LogP contribution < -0.4 is 4.57 Å². The van der Waals surface area contributed by atoms with Gasteiger partial charge in [-0.3, -0.25) is 0 Å². The third-order valence-corrected chi connectivity index (χ3v) is 6.66. The van der Waals surface area contributed by atoms with E-state index >= 15 is 0 Å². The van der Waals surface area contributed by atoms with Gasteiger partial charge in [-0.1, -0.05) is 44.2 Å². The van der Waals surface area contributed by atoms with Crippen LogP contribution in [0.25, 0.3) is 43.8 Å². The molecular weight excluding hydrogens is 376 g/mol. The van der Waals surface area contributed by atoms with Crippen LogP contribution in [-0.2, 0) is 7.05 Å². The van der Waals surface area contributed by atoms with Crippen LogP contribution in [0.3, 0.4) is 0 Å².